The number of carbonyl (C=O) groups is 1. The van der Waals surface area contributed by atoms with Crippen LogP contribution in [0.15, 0.2) is 12.1 Å². The van der Waals surface area contributed by atoms with E-state index in [-0.39, 0.29) is 12.3 Å². The monoisotopic (exact) mass is 244 g/mol. The number of Topliss-reactive ketones (excluding diaryl/α,β-unsaturated/α-hetero) is 1. The van der Waals surface area contributed by atoms with Crippen LogP contribution in [0, 0.1) is 23.4 Å². The van der Waals surface area contributed by atoms with Crippen molar-refractivity contribution in [3.8, 4) is 0 Å². The highest BCUT2D eigenvalue weighted by Crippen LogP contribution is 2.21. The molecule has 1 nitrogen and oxygen atoms in total. The predicted octanol–water partition coefficient (Wildman–Crippen LogP) is 4.11. The molecule has 0 aromatic heterocycles. The van der Waals surface area contributed by atoms with Gasteiger partial charge in [-0.15, -0.1) is 0 Å². The first-order chi connectivity index (χ1) is 7.99. The van der Waals surface area contributed by atoms with E-state index in [4.69, 9.17) is 0 Å². The molecule has 0 bridgehead atoms. The number of benzene rings is 1. The zero-order valence-corrected chi connectivity index (χ0v) is 9.90. The third-order valence-corrected chi connectivity index (χ3v) is 2.91. The van der Waals surface area contributed by atoms with Crippen LogP contribution in [0.5, 0.6) is 0 Å². The van der Waals surface area contributed by atoms with Gasteiger partial charge in [0.05, 0.1) is 5.56 Å². The number of hydrogen-bond donors (Lipinski definition) is 0. The van der Waals surface area contributed by atoms with E-state index in [2.05, 4.69) is 0 Å². The van der Waals surface area contributed by atoms with Crippen LogP contribution in [0.25, 0.3) is 0 Å². The van der Waals surface area contributed by atoms with Crippen molar-refractivity contribution in [2.24, 2.45) is 5.92 Å². The molecule has 0 N–H and O–H groups in total. The molecule has 0 heterocycles. The molecule has 1 aromatic rings. The van der Waals surface area contributed by atoms with Gasteiger partial charge in [-0.1, -0.05) is 26.7 Å². The van der Waals surface area contributed by atoms with Crippen LogP contribution < -0.4 is 0 Å². The Morgan fingerprint density at radius 2 is 1.59 bits per heavy atom. The first-order valence-electron chi connectivity index (χ1n) is 5.67. The van der Waals surface area contributed by atoms with E-state index in [1.54, 1.807) is 0 Å². The Kier molecular flexibility index (Phi) is 4.73. The van der Waals surface area contributed by atoms with Crippen molar-refractivity contribution in [2.45, 2.75) is 33.1 Å². The lowest BCUT2D eigenvalue weighted by molar-refractivity contribution is 0.0950. The van der Waals surface area contributed by atoms with Gasteiger partial charge in [-0.25, -0.2) is 13.2 Å². The largest absolute Gasteiger partial charge is 0.294 e. The van der Waals surface area contributed by atoms with E-state index in [0.29, 0.717) is 12.1 Å². The lowest BCUT2D eigenvalue weighted by Gasteiger charge is -2.11. The first kappa shape index (κ1) is 13.7. The highest BCUT2D eigenvalue weighted by Gasteiger charge is 2.21. The van der Waals surface area contributed by atoms with Crippen LogP contribution in [0.1, 0.15) is 43.5 Å². The second-order valence-corrected chi connectivity index (χ2v) is 4.05. The Bertz CT molecular complexity index is 388. The molecule has 4 heteroatoms. The summed E-state index contributed by atoms with van der Waals surface area (Å²) in [5, 5.41) is 0. The number of ketones is 1. The summed E-state index contributed by atoms with van der Waals surface area (Å²) in [6.45, 7) is 3.83. The minimum absolute atomic E-state index is 0.0898. The van der Waals surface area contributed by atoms with Gasteiger partial charge in [-0.2, -0.15) is 0 Å². The van der Waals surface area contributed by atoms with E-state index in [9.17, 15) is 18.0 Å². The molecule has 0 saturated carbocycles. The molecular weight excluding hydrogens is 229 g/mol. The fourth-order valence-electron chi connectivity index (χ4n) is 1.75. The lowest BCUT2D eigenvalue weighted by atomic mass is 9.93. The molecule has 0 unspecified atom stereocenters. The maximum atomic E-state index is 13.3. The summed E-state index contributed by atoms with van der Waals surface area (Å²) in [4.78, 5) is 11.7. The van der Waals surface area contributed by atoms with Gasteiger partial charge >= 0.3 is 0 Å². The average Bonchev–Trinajstić information content (AvgIpc) is 2.24. The molecule has 1 aromatic carbocycles. The van der Waals surface area contributed by atoms with E-state index in [1.165, 1.54) is 0 Å². The second kappa shape index (κ2) is 5.84. The van der Waals surface area contributed by atoms with Crippen LogP contribution in [0.2, 0.25) is 0 Å². The van der Waals surface area contributed by atoms with Crippen LogP contribution >= 0.6 is 0 Å². The molecule has 0 aliphatic rings. The van der Waals surface area contributed by atoms with Gasteiger partial charge in [0, 0.05) is 18.6 Å². The molecule has 0 saturated heterocycles. The Balaban J connectivity index is 2.96. The van der Waals surface area contributed by atoms with Gasteiger partial charge in [0.25, 0.3) is 0 Å². The Hall–Kier alpha value is -1.32. The van der Waals surface area contributed by atoms with Crippen LogP contribution in [-0.2, 0) is 0 Å². The average molecular weight is 244 g/mol. The van der Waals surface area contributed by atoms with Crippen molar-refractivity contribution in [1.82, 2.24) is 0 Å². The van der Waals surface area contributed by atoms with Crippen molar-refractivity contribution in [2.75, 3.05) is 0 Å². The normalized spacial score (nSPS) is 10.9. The number of rotatable bonds is 5. The number of hydrogen-bond acceptors (Lipinski definition) is 1. The standard InChI is InChI=1S/C13H15F3O/c1-3-8(4-2)5-12(17)13-10(15)6-9(14)7-11(13)16/h6-8H,3-5H2,1-2H3. The summed E-state index contributed by atoms with van der Waals surface area (Å²) < 4.78 is 39.3. The van der Waals surface area contributed by atoms with Crippen LogP contribution in [-0.4, -0.2) is 5.78 Å². The smallest absolute Gasteiger partial charge is 0.169 e. The maximum absolute atomic E-state index is 13.3. The van der Waals surface area contributed by atoms with Gasteiger partial charge in [-0.3, -0.25) is 4.79 Å². The molecule has 17 heavy (non-hydrogen) atoms. The topological polar surface area (TPSA) is 17.1 Å². The van der Waals surface area contributed by atoms with Gasteiger partial charge in [0.15, 0.2) is 5.78 Å². The summed E-state index contributed by atoms with van der Waals surface area (Å²) in [5.74, 6) is -3.77. The zero-order chi connectivity index (χ0) is 13.0. The minimum atomic E-state index is -1.13. The van der Waals surface area contributed by atoms with E-state index >= 15 is 0 Å². The molecule has 1 rings (SSSR count). The summed E-state index contributed by atoms with van der Waals surface area (Å²) in [6, 6.07) is 1.06. The summed E-state index contributed by atoms with van der Waals surface area (Å²) in [6.07, 6.45) is 1.63. The molecule has 0 spiro atoms. The van der Waals surface area contributed by atoms with E-state index in [0.717, 1.165) is 12.8 Å². The highest BCUT2D eigenvalue weighted by atomic mass is 19.1. The molecule has 0 radical (unpaired) electrons. The predicted molar refractivity (Wildman–Crippen MR) is 59.3 cm³/mol. The maximum Gasteiger partial charge on any atom is 0.169 e. The zero-order valence-electron chi connectivity index (χ0n) is 9.90. The van der Waals surface area contributed by atoms with Gasteiger partial charge in [0.1, 0.15) is 17.5 Å². The number of carbonyl (C=O) groups excluding carboxylic acids is 1. The fourth-order valence-corrected chi connectivity index (χ4v) is 1.75. The van der Waals surface area contributed by atoms with Crippen molar-refractivity contribution in [3.63, 3.8) is 0 Å². The number of halogens is 3. The molecule has 0 aliphatic heterocycles. The van der Waals surface area contributed by atoms with Crippen molar-refractivity contribution in [3.05, 3.63) is 35.1 Å². The fraction of sp³-hybridized carbons (Fsp3) is 0.462. The van der Waals surface area contributed by atoms with Crippen molar-refractivity contribution in [1.29, 1.82) is 0 Å². The van der Waals surface area contributed by atoms with Gasteiger partial charge in [0.2, 0.25) is 0 Å². The Morgan fingerprint density at radius 3 is 2.00 bits per heavy atom. The Labute approximate surface area is 98.6 Å². The van der Waals surface area contributed by atoms with Crippen molar-refractivity contribution < 1.29 is 18.0 Å². The SMILES string of the molecule is CCC(CC)CC(=O)c1c(F)cc(F)cc1F. The van der Waals surface area contributed by atoms with Crippen LogP contribution in [0.3, 0.4) is 0 Å². The second-order valence-electron chi connectivity index (χ2n) is 4.05. The summed E-state index contributed by atoms with van der Waals surface area (Å²) >= 11 is 0. The molecule has 94 valence electrons. The van der Waals surface area contributed by atoms with E-state index in [1.807, 2.05) is 13.8 Å². The molecule has 0 atom stereocenters. The minimum Gasteiger partial charge on any atom is -0.294 e. The van der Waals surface area contributed by atoms with Gasteiger partial charge in [-0.05, 0) is 5.92 Å². The lowest BCUT2D eigenvalue weighted by Crippen LogP contribution is -2.11. The first-order valence-corrected chi connectivity index (χ1v) is 5.67. The van der Waals surface area contributed by atoms with Gasteiger partial charge < -0.3 is 0 Å². The summed E-state index contributed by atoms with van der Waals surface area (Å²) in [5.41, 5.74) is -0.627. The third-order valence-electron chi connectivity index (χ3n) is 2.91. The summed E-state index contributed by atoms with van der Waals surface area (Å²) in [7, 11) is 0. The molecule has 0 amide bonds. The highest BCUT2D eigenvalue weighted by molar-refractivity contribution is 5.96. The molecule has 0 fully saturated rings. The third kappa shape index (κ3) is 3.32. The van der Waals surface area contributed by atoms with Crippen LogP contribution in [0.4, 0.5) is 13.2 Å². The van der Waals surface area contributed by atoms with Crippen molar-refractivity contribution >= 4 is 5.78 Å². The Morgan fingerprint density at radius 1 is 1.12 bits per heavy atom. The molecular formula is C13H15F3O. The van der Waals surface area contributed by atoms with E-state index < -0.39 is 28.8 Å². The molecule has 0 aliphatic carbocycles. The quantitative estimate of drug-likeness (QED) is 0.712.